The van der Waals surface area contributed by atoms with Gasteiger partial charge in [-0.1, -0.05) is 77.8 Å². The molecule has 0 saturated heterocycles. The Kier molecular flexibility index (Phi) is 4.01. The number of allylic oxidation sites excluding steroid dienone is 2. The summed E-state index contributed by atoms with van der Waals surface area (Å²) in [4.78, 5) is 24.8. The van der Waals surface area contributed by atoms with Crippen LogP contribution >= 0.6 is 23.2 Å². The van der Waals surface area contributed by atoms with Gasteiger partial charge in [-0.15, -0.1) is 0 Å². The summed E-state index contributed by atoms with van der Waals surface area (Å²) in [5, 5.41) is 2.71. The molecule has 0 bridgehead atoms. The van der Waals surface area contributed by atoms with Crippen molar-refractivity contribution in [2.24, 2.45) is 0 Å². The highest BCUT2D eigenvalue weighted by Crippen LogP contribution is 2.29. The van der Waals surface area contributed by atoms with Crippen molar-refractivity contribution in [1.29, 1.82) is 0 Å². The number of carbonyl (C=O) groups is 2. The average Bonchev–Trinajstić information content (AvgIpc) is 2.57. The normalized spacial score (nSPS) is 15.5. The lowest BCUT2D eigenvalue weighted by Gasteiger charge is -2.21. The Bertz CT molecular complexity index is 784. The molecule has 0 radical (unpaired) electrons. The zero-order chi connectivity index (χ0) is 15.7. The van der Waals surface area contributed by atoms with Gasteiger partial charge in [-0.2, -0.15) is 0 Å². The molecule has 22 heavy (non-hydrogen) atoms. The lowest BCUT2D eigenvalue weighted by Crippen LogP contribution is -2.30. The fourth-order valence-corrected chi connectivity index (χ4v) is 2.80. The Morgan fingerprint density at radius 2 is 1.36 bits per heavy atom. The van der Waals surface area contributed by atoms with E-state index in [-0.39, 0.29) is 22.3 Å². The molecule has 0 spiro atoms. The number of nitrogens with one attached hydrogen (secondary N) is 1. The molecule has 0 amide bonds. The molecule has 1 atom stereocenters. The Balaban J connectivity index is 1.96. The number of benzene rings is 2. The van der Waals surface area contributed by atoms with Crippen LogP contribution in [0.1, 0.15) is 31.8 Å². The summed E-state index contributed by atoms with van der Waals surface area (Å²) in [7, 11) is 0. The number of hydrogen-bond acceptors (Lipinski definition) is 3. The van der Waals surface area contributed by atoms with E-state index in [0.717, 1.165) is 5.56 Å². The van der Waals surface area contributed by atoms with Crippen molar-refractivity contribution in [3.63, 3.8) is 0 Å². The molecular weight excluding hydrogens is 321 g/mol. The zero-order valence-corrected chi connectivity index (χ0v) is 12.9. The SMILES string of the molecule is O=C1C(Cl)=C(NC(Cl)c2ccccc2)C(=O)c2ccccc21. The number of carbonyl (C=O) groups excluding carboxylic acids is 2. The summed E-state index contributed by atoms with van der Waals surface area (Å²) in [5.41, 5.74) is 0.798. The predicted octanol–water partition coefficient (Wildman–Crippen LogP) is 4.04. The van der Waals surface area contributed by atoms with E-state index in [0.29, 0.717) is 11.1 Å². The van der Waals surface area contributed by atoms with Crippen LogP contribution in [0.5, 0.6) is 0 Å². The lowest BCUT2D eigenvalue weighted by molar-refractivity contribution is 0.0974. The molecular formula is C17H11Cl2NO2. The summed E-state index contributed by atoms with van der Waals surface area (Å²) in [6, 6.07) is 15.8. The first-order valence-electron chi connectivity index (χ1n) is 6.63. The second-order valence-electron chi connectivity index (χ2n) is 4.81. The fraction of sp³-hybridized carbons (Fsp3) is 0.0588. The van der Waals surface area contributed by atoms with Crippen LogP contribution in [-0.4, -0.2) is 11.6 Å². The van der Waals surface area contributed by atoms with E-state index >= 15 is 0 Å². The van der Waals surface area contributed by atoms with E-state index in [1.165, 1.54) is 0 Å². The van der Waals surface area contributed by atoms with E-state index in [1.807, 2.05) is 30.3 Å². The number of Topliss-reactive ketones (excluding diaryl/α,β-unsaturated/α-hetero) is 2. The maximum Gasteiger partial charge on any atom is 0.211 e. The van der Waals surface area contributed by atoms with Crippen LogP contribution in [0.2, 0.25) is 0 Å². The van der Waals surface area contributed by atoms with E-state index in [1.54, 1.807) is 24.3 Å². The first-order chi connectivity index (χ1) is 10.6. The van der Waals surface area contributed by atoms with Gasteiger partial charge in [0.2, 0.25) is 11.6 Å². The Hall–Kier alpha value is -2.10. The minimum absolute atomic E-state index is 0.0363. The summed E-state index contributed by atoms with van der Waals surface area (Å²) in [5.74, 6) is -0.710. The van der Waals surface area contributed by atoms with E-state index in [4.69, 9.17) is 23.2 Å². The number of hydrogen-bond donors (Lipinski definition) is 1. The van der Waals surface area contributed by atoms with Crippen LogP contribution in [0.25, 0.3) is 0 Å². The Morgan fingerprint density at radius 3 is 2.00 bits per heavy atom. The van der Waals surface area contributed by atoms with Crippen molar-refractivity contribution in [2.45, 2.75) is 5.50 Å². The molecule has 0 aliphatic heterocycles. The van der Waals surface area contributed by atoms with Crippen LogP contribution in [-0.2, 0) is 0 Å². The molecule has 3 rings (SSSR count). The van der Waals surface area contributed by atoms with E-state index in [9.17, 15) is 9.59 Å². The maximum absolute atomic E-state index is 12.5. The molecule has 0 heterocycles. The summed E-state index contributed by atoms with van der Waals surface area (Å²) < 4.78 is 0. The molecule has 1 unspecified atom stereocenters. The standard InChI is InChI=1S/C17H11Cl2NO2/c18-13-14(20-17(19)10-6-2-1-3-7-10)16(22)12-9-5-4-8-11(12)15(13)21/h1-9,17,20H. The molecule has 0 fully saturated rings. The second-order valence-corrected chi connectivity index (χ2v) is 5.62. The minimum atomic E-state index is -0.660. The van der Waals surface area contributed by atoms with Gasteiger partial charge in [0.05, 0.1) is 0 Å². The number of rotatable bonds is 3. The molecule has 110 valence electrons. The first-order valence-corrected chi connectivity index (χ1v) is 7.45. The number of alkyl halides is 1. The summed E-state index contributed by atoms with van der Waals surface area (Å²) >= 11 is 12.4. The van der Waals surface area contributed by atoms with Crippen molar-refractivity contribution in [2.75, 3.05) is 0 Å². The first kappa shape index (κ1) is 14.8. The second kappa shape index (κ2) is 5.95. The van der Waals surface area contributed by atoms with E-state index < -0.39 is 5.50 Å². The quantitative estimate of drug-likeness (QED) is 0.681. The van der Waals surface area contributed by atoms with Crippen LogP contribution in [0.3, 0.4) is 0 Å². The Labute approximate surface area is 137 Å². The molecule has 2 aromatic carbocycles. The predicted molar refractivity (Wildman–Crippen MR) is 86.2 cm³/mol. The third-order valence-electron chi connectivity index (χ3n) is 3.43. The number of halogens is 2. The van der Waals surface area contributed by atoms with Crippen LogP contribution in [0.15, 0.2) is 65.3 Å². The third kappa shape index (κ3) is 2.54. The van der Waals surface area contributed by atoms with Gasteiger partial charge in [-0.3, -0.25) is 9.59 Å². The van der Waals surface area contributed by atoms with Crippen LogP contribution < -0.4 is 5.32 Å². The van der Waals surface area contributed by atoms with Gasteiger partial charge in [-0.05, 0) is 5.56 Å². The fourth-order valence-electron chi connectivity index (χ4n) is 2.31. The number of fused-ring (bicyclic) bond motifs is 1. The van der Waals surface area contributed by atoms with Gasteiger partial charge >= 0.3 is 0 Å². The molecule has 2 aromatic rings. The zero-order valence-electron chi connectivity index (χ0n) is 11.3. The molecule has 0 saturated carbocycles. The van der Waals surface area contributed by atoms with Crippen molar-refractivity contribution in [3.8, 4) is 0 Å². The highest BCUT2D eigenvalue weighted by atomic mass is 35.5. The van der Waals surface area contributed by atoms with Gasteiger partial charge in [-0.25, -0.2) is 0 Å². The van der Waals surface area contributed by atoms with Gasteiger partial charge in [0.25, 0.3) is 0 Å². The van der Waals surface area contributed by atoms with Crippen molar-refractivity contribution in [1.82, 2.24) is 5.32 Å². The summed E-state index contributed by atoms with van der Waals surface area (Å²) in [6.07, 6.45) is 0. The highest BCUT2D eigenvalue weighted by Gasteiger charge is 2.32. The van der Waals surface area contributed by atoms with Crippen LogP contribution in [0, 0.1) is 0 Å². The topological polar surface area (TPSA) is 46.2 Å². The highest BCUT2D eigenvalue weighted by molar-refractivity contribution is 6.50. The van der Waals surface area contributed by atoms with Crippen molar-refractivity contribution < 1.29 is 9.59 Å². The Morgan fingerprint density at radius 1 is 0.818 bits per heavy atom. The largest absolute Gasteiger partial charge is 0.361 e. The van der Waals surface area contributed by atoms with Gasteiger partial charge in [0.1, 0.15) is 16.2 Å². The third-order valence-corrected chi connectivity index (χ3v) is 4.15. The lowest BCUT2D eigenvalue weighted by atomic mass is 9.92. The smallest absolute Gasteiger partial charge is 0.211 e. The molecule has 1 N–H and O–H groups in total. The molecule has 5 heteroatoms. The number of ketones is 2. The molecule has 1 aliphatic carbocycles. The average molecular weight is 332 g/mol. The van der Waals surface area contributed by atoms with Gasteiger partial charge in [0.15, 0.2) is 0 Å². The van der Waals surface area contributed by atoms with Gasteiger partial charge < -0.3 is 5.32 Å². The van der Waals surface area contributed by atoms with E-state index in [2.05, 4.69) is 5.32 Å². The molecule has 1 aliphatic rings. The summed E-state index contributed by atoms with van der Waals surface area (Å²) in [6.45, 7) is 0. The maximum atomic E-state index is 12.5. The van der Waals surface area contributed by atoms with Crippen molar-refractivity contribution >= 4 is 34.8 Å². The van der Waals surface area contributed by atoms with Crippen LogP contribution in [0.4, 0.5) is 0 Å². The van der Waals surface area contributed by atoms with Crippen molar-refractivity contribution in [3.05, 3.63) is 82.0 Å². The molecule has 0 aromatic heterocycles. The monoisotopic (exact) mass is 331 g/mol. The van der Waals surface area contributed by atoms with Gasteiger partial charge in [0, 0.05) is 11.1 Å². The minimum Gasteiger partial charge on any atom is -0.361 e. The molecule has 3 nitrogen and oxygen atoms in total.